The number of likely N-dealkylation sites (tertiary alicyclic amines) is 1. The van der Waals surface area contributed by atoms with Crippen molar-refractivity contribution in [1.82, 2.24) is 4.90 Å². The van der Waals surface area contributed by atoms with Crippen LogP contribution in [0, 0.1) is 17.8 Å². The molecule has 5 atom stereocenters. The highest BCUT2D eigenvalue weighted by atomic mass is 16.3. The quantitative estimate of drug-likeness (QED) is 0.444. The van der Waals surface area contributed by atoms with Crippen molar-refractivity contribution in [3.8, 4) is 0 Å². The zero-order valence-electron chi connectivity index (χ0n) is 17.6. The Bertz CT molecular complexity index is 770. The first-order valence-electron chi connectivity index (χ1n) is 11.0. The molecular weight excluding hydrogens is 374 g/mol. The van der Waals surface area contributed by atoms with Crippen LogP contribution < -0.4 is 0 Å². The second kappa shape index (κ2) is 11.1. The van der Waals surface area contributed by atoms with Gasteiger partial charge in [-0.2, -0.15) is 0 Å². The van der Waals surface area contributed by atoms with Gasteiger partial charge in [0.1, 0.15) is 6.29 Å². The van der Waals surface area contributed by atoms with Crippen LogP contribution in [0.1, 0.15) is 37.7 Å². The van der Waals surface area contributed by atoms with Crippen LogP contribution in [0.4, 0.5) is 0 Å². The van der Waals surface area contributed by atoms with E-state index in [0.29, 0.717) is 31.7 Å². The lowest BCUT2D eigenvalue weighted by atomic mass is 9.90. The average Bonchev–Trinajstić information content (AvgIpc) is 3.04. The Morgan fingerprint density at radius 2 is 2.03 bits per heavy atom. The number of nitrogens with zero attached hydrogens (tertiary/aromatic N) is 1. The molecule has 4 unspecified atom stereocenters. The molecule has 1 aromatic rings. The van der Waals surface area contributed by atoms with Crippen molar-refractivity contribution in [2.24, 2.45) is 17.8 Å². The van der Waals surface area contributed by atoms with Gasteiger partial charge in [0, 0.05) is 24.4 Å². The van der Waals surface area contributed by atoms with Gasteiger partial charge in [0.2, 0.25) is 5.91 Å². The number of aliphatic hydroxyl groups is 1. The number of aldehydes is 1. The van der Waals surface area contributed by atoms with E-state index < -0.39 is 6.10 Å². The molecule has 1 aromatic carbocycles. The van der Waals surface area contributed by atoms with Crippen molar-refractivity contribution < 1.29 is 14.7 Å². The van der Waals surface area contributed by atoms with E-state index in [1.807, 2.05) is 41.3 Å². The van der Waals surface area contributed by atoms with E-state index in [4.69, 9.17) is 0 Å². The van der Waals surface area contributed by atoms with Gasteiger partial charge in [-0.3, -0.25) is 4.79 Å². The summed E-state index contributed by atoms with van der Waals surface area (Å²) < 4.78 is 0. The molecule has 1 aliphatic heterocycles. The Hall–Kier alpha value is -2.46. The third-order valence-electron chi connectivity index (χ3n) is 6.24. The van der Waals surface area contributed by atoms with Gasteiger partial charge in [-0.15, -0.1) is 6.58 Å². The molecule has 1 fully saturated rings. The molecule has 0 radical (unpaired) electrons. The average molecular weight is 408 g/mol. The topological polar surface area (TPSA) is 57.6 Å². The van der Waals surface area contributed by atoms with Crippen LogP contribution in [0.2, 0.25) is 0 Å². The number of carbonyl (C=O) groups is 2. The van der Waals surface area contributed by atoms with E-state index >= 15 is 0 Å². The minimum atomic E-state index is -0.709. The smallest absolute Gasteiger partial charge is 0.226 e. The summed E-state index contributed by atoms with van der Waals surface area (Å²) in [5.41, 5.74) is 1.08. The second-order valence-electron chi connectivity index (χ2n) is 8.62. The number of hydrogen-bond donors (Lipinski definition) is 1. The SMILES string of the molecule is C=CCC1C[C@H](CC2C=CC=CC2)N(CC(O)CC(C=O)Cc2ccccc2)C1=O. The predicted molar refractivity (Wildman–Crippen MR) is 120 cm³/mol. The zero-order valence-corrected chi connectivity index (χ0v) is 17.6. The van der Waals surface area contributed by atoms with Crippen molar-refractivity contribution in [2.75, 3.05) is 6.54 Å². The van der Waals surface area contributed by atoms with Crippen LogP contribution in [0.5, 0.6) is 0 Å². The highest BCUT2D eigenvalue weighted by Crippen LogP contribution is 2.33. The number of aliphatic hydroxyl groups excluding tert-OH is 1. The van der Waals surface area contributed by atoms with E-state index in [1.54, 1.807) is 0 Å². The number of β-amino-alcohol motifs (C(OH)–C–C–N with tert-alkyl or cyclic N) is 1. The van der Waals surface area contributed by atoms with Gasteiger partial charge in [-0.1, -0.05) is 60.7 Å². The van der Waals surface area contributed by atoms with Crippen LogP contribution in [-0.2, 0) is 16.0 Å². The summed E-state index contributed by atoms with van der Waals surface area (Å²) >= 11 is 0. The number of rotatable bonds is 11. The van der Waals surface area contributed by atoms with Gasteiger partial charge in [-0.25, -0.2) is 0 Å². The summed E-state index contributed by atoms with van der Waals surface area (Å²) in [5, 5.41) is 10.7. The van der Waals surface area contributed by atoms with Crippen LogP contribution in [0.15, 0.2) is 67.3 Å². The minimum Gasteiger partial charge on any atom is -0.391 e. The lowest BCUT2D eigenvalue weighted by molar-refractivity contribution is -0.133. The van der Waals surface area contributed by atoms with Crippen LogP contribution in [0.25, 0.3) is 0 Å². The number of hydrogen-bond acceptors (Lipinski definition) is 3. The van der Waals surface area contributed by atoms with E-state index in [0.717, 1.165) is 31.1 Å². The maximum absolute atomic E-state index is 13.0. The molecule has 1 amide bonds. The third kappa shape index (κ3) is 6.02. The van der Waals surface area contributed by atoms with Crippen molar-refractivity contribution in [3.63, 3.8) is 0 Å². The van der Waals surface area contributed by atoms with E-state index in [-0.39, 0.29) is 23.8 Å². The molecule has 0 spiro atoms. The van der Waals surface area contributed by atoms with Crippen LogP contribution >= 0.6 is 0 Å². The molecule has 1 N–H and O–H groups in total. The molecule has 2 aliphatic rings. The maximum Gasteiger partial charge on any atom is 0.226 e. The molecule has 160 valence electrons. The van der Waals surface area contributed by atoms with Crippen LogP contribution in [0.3, 0.4) is 0 Å². The number of amides is 1. The molecule has 0 aromatic heterocycles. The summed E-state index contributed by atoms with van der Waals surface area (Å²) in [6.45, 7) is 4.09. The molecule has 4 nitrogen and oxygen atoms in total. The fourth-order valence-corrected chi connectivity index (χ4v) is 4.74. The summed E-state index contributed by atoms with van der Waals surface area (Å²) in [6, 6.07) is 9.97. The van der Waals surface area contributed by atoms with Crippen molar-refractivity contribution >= 4 is 12.2 Å². The highest BCUT2D eigenvalue weighted by Gasteiger charge is 2.40. The van der Waals surface area contributed by atoms with Gasteiger partial charge >= 0.3 is 0 Å². The first-order chi connectivity index (χ1) is 14.6. The molecule has 0 saturated carbocycles. The summed E-state index contributed by atoms with van der Waals surface area (Å²) in [7, 11) is 0. The number of benzene rings is 1. The van der Waals surface area contributed by atoms with Crippen molar-refractivity contribution in [2.45, 2.75) is 50.7 Å². The minimum absolute atomic E-state index is 0.0472. The monoisotopic (exact) mass is 407 g/mol. The summed E-state index contributed by atoms with van der Waals surface area (Å²) in [6.07, 6.45) is 14.9. The van der Waals surface area contributed by atoms with Crippen molar-refractivity contribution in [1.29, 1.82) is 0 Å². The normalized spacial score (nSPS) is 25.3. The first-order valence-corrected chi connectivity index (χ1v) is 11.0. The number of allylic oxidation sites excluding steroid dienone is 5. The fraction of sp³-hybridized carbons (Fsp3) is 0.462. The lowest BCUT2D eigenvalue weighted by Gasteiger charge is -2.30. The Balaban J connectivity index is 1.61. The fourth-order valence-electron chi connectivity index (χ4n) is 4.74. The molecule has 1 heterocycles. The van der Waals surface area contributed by atoms with E-state index in [1.165, 1.54) is 0 Å². The second-order valence-corrected chi connectivity index (χ2v) is 8.62. The van der Waals surface area contributed by atoms with Gasteiger partial charge in [0.25, 0.3) is 0 Å². The Kier molecular flexibility index (Phi) is 8.21. The zero-order chi connectivity index (χ0) is 21.3. The molecule has 30 heavy (non-hydrogen) atoms. The third-order valence-corrected chi connectivity index (χ3v) is 6.24. The van der Waals surface area contributed by atoms with Gasteiger partial charge in [0.05, 0.1) is 6.10 Å². The number of carbonyl (C=O) groups excluding carboxylic acids is 2. The highest BCUT2D eigenvalue weighted by molar-refractivity contribution is 5.81. The Labute approximate surface area is 180 Å². The Morgan fingerprint density at radius 3 is 2.70 bits per heavy atom. The van der Waals surface area contributed by atoms with Gasteiger partial charge in [0.15, 0.2) is 0 Å². The lowest BCUT2D eigenvalue weighted by Crippen LogP contribution is -2.41. The van der Waals surface area contributed by atoms with E-state index in [9.17, 15) is 14.7 Å². The maximum atomic E-state index is 13.0. The largest absolute Gasteiger partial charge is 0.391 e. The molecular formula is C26H33NO3. The standard InChI is InChI=1S/C26H33NO3/c1-2-9-23-17-24(15-21-12-7-4-8-13-21)27(26(23)30)18-25(29)16-22(19-28)14-20-10-5-3-6-11-20/h2-8,10-12,19,21-25,29H,1,9,13-18H2/t21?,22?,23?,24-,25?/m0/s1. The molecule has 1 aliphatic carbocycles. The Morgan fingerprint density at radius 1 is 1.23 bits per heavy atom. The summed E-state index contributed by atoms with van der Waals surface area (Å²) in [4.78, 5) is 26.5. The van der Waals surface area contributed by atoms with Gasteiger partial charge < -0.3 is 14.8 Å². The predicted octanol–water partition coefficient (Wildman–Crippen LogP) is 4.11. The van der Waals surface area contributed by atoms with Crippen LogP contribution in [-0.4, -0.2) is 40.9 Å². The molecule has 1 saturated heterocycles. The first kappa shape index (κ1) is 22.2. The molecule has 4 heteroatoms. The molecule has 3 rings (SSSR count). The molecule has 0 bridgehead atoms. The van der Waals surface area contributed by atoms with Crippen molar-refractivity contribution in [3.05, 3.63) is 72.9 Å². The van der Waals surface area contributed by atoms with E-state index in [2.05, 4.69) is 30.9 Å². The van der Waals surface area contributed by atoms with Gasteiger partial charge in [-0.05, 0) is 50.0 Å². The summed E-state index contributed by atoms with van der Waals surface area (Å²) in [5.74, 6) is 0.235.